The molecule has 0 atom stereocenters. The van der Waals surface area contributed by atoms with E-state index in [0.717, 1.165) is 19.0 Å². The number of pyridine rings is 1. The van der Waals surface area contributed by atoms with Gasteiger partial charge in [0.05, 0.1) is 29.9 Å². The van der Waals surface area contributed by atoms with Crippen molar-refractivity contribution in [3.8, 4) is 0 Å². The maximum atomic E-state index is 14.1. The van der Waals surface area contributed by atoms with Crippen molar-refractivity contribution < 1.29 is 18.8 Å². The first kappa shape index (κ1) is 24.6. The van der Waals surface area contributed by atoms with Gasteiger partial charge in [0.1, 0.15) is 11.6 Å². The number of aliphatic hydroxyl groups excluding tert-OH is 1. The molecule has 0 saturated heterocycles. The van der Waals surface area contributed by atoms with Gasteiger partial charge in [-0.1, -0.05) is 25.9 Å². The van der Waals surface area contributed by atoms with E-state index in [-0.39, 0.29) is 28.9 Å². The first-order valence-corrected chi connectivity index (χ1v) is 12.2. The number of halogens is 1. The normalized spacial score (nSPS) is 18.1. The van der Waals surface area contributed by atoms with Gasteiger partial charge in [0.25, 0.3) is 5.91 Å². The molecule has 0 aromatic carbocycles. The van der Waals surface area contributed by atoms with Crippen LogP contribution in [0.2, 0.25) is 0 Å². The lowest BCUT2D eigenvalue weighted by molar-refractivity contribution is 0.101. The lowest BCUT2D eigenvalue weighted by Crippen LogP contribution is -2.29. The Kier molecular flexibility index (Phi) is 6.50. The predicted octanol–water partition coefficient (Wildman–Crippen LogP) is 4.26. The maximum absolute atomic E-state index is 14.1. The average molecular weight is 509 g/mol. The molecule has 4 heterocycles. The summed E-state index contributed by atoms with van der Waals surface area (Å²) in [5, 5.41) is 27.8. The van der Waals surface area contributed by atoms with Gasteiger partial charge >= 0.3 is 0 Å². The second-order valence-electron chi connectivity index (χ2n) is 10.2. The molecule has 1 aliphatic rings. The van der Waals surface area contributed by atoms with Crippen LogP contribution in [0.25, 0.3) is 5.65 Å². The minimum atomic E-state index is -0.650. The number of amides is 1. The van der Waals surface area contributed by atoms with E-state index in [1.54, 1.807) is 6.07 Å². The molecule has 0 bridgehead atoms. The van der Waals surface area contributed by atoms with Crippen LogP contribution < -0.4 is 16.0 Å². The van der Waals surface area contributed by atoms with Gasteiger partial charge in [-0.2, -0.15) is 0 Å². The highest BCUT2D eigenvalue weighted by Gasteiger charge is 2.24. The number of hydrogen-bond donors (Lipinski definition) is 4. The Morgan fingerprint density at radius 3 is 2.62 bits per heavy atom. The molecule has 1 aliphatic carbocycles. The van der Waals surface area contributed by atoms with Crippen molar-refractivity contribution in [1.29, 1.82) is 0 Å². The van der Waals surface area contributed by atoms with Crippen LogP contribution in [0, 0.1) is 5.82 Å². The number of nitrogens with one attached hydrogen (secondary N) is 3. The second-order valence-corrected chi connectivity index (χ2v) is 10.2. The predicted molar refractivity (Wildman–Crippen MR) is 136 cm³/mol. The summed E-state index contributed by atoms with van der Waals surface area (Å²) in [6.07, 6.45) is 6.50. The molecular formula is C25H29FN8O3. The molecule has 12 heteroatoms. The molecule has 4 aromatic heterocycles. The third-order valence-electron chi connectivity index (χ3n) is 6.28. The van der Waals surface area contributed by atoms with Gasteiger partial charge in [-0.25, -0.2) is 13.9 Å². The zero-order valence-corrected chi connectivity index (χ0v) is 20.8. The molecule has 1 amide bonds. The Hall–Kier alpha value is -4.06. The van der Waals surface area contributed by atoms with E-state index in [1.807, 2.05) is 26.8 Å². The molecule has 4 aromatic rings. The SMILES string of the molecule is CC(C)(C)c1cc(Nc2cc(N[C@H]3CC[C@H](O)CC3)nn3c(C(=O)Nc4ccncc4F)cnc23)no1. The fourth-order valence-corrected chi connectivity index (χ4v) is 4.20. The highest BCUT2D eigenvalue weighted by atomic mass is 19.1. The molecule has 5 rings (SSSR count). The van der Waals surface area contributed by atoms with Gasteiger partial charge in [0.2, 0.25) is 0 Å². The molecule has 194 valence electrons. The van der Waals surface area contributed by atoms with Gasteiger partial charge in [-0.05, 0) is 31.7 Å². The molecule has 0 spiro atoms. The summed E-state index contributed by atoms with van der Waals surface area (Å²) in [4.78, 5) is 21.2. The smallest absolute Gasteiger partial charge is 0.276 e. The summed E-state index contributed by atoms with van der Waals surface area (Å²) in [6.45, 7) is 6.07. The Bertz CT molecular complexity index is 1420. The summed E-state index contributed by atoms with van der Waals surface area (Å²) in [6, 6.07) is 5.10. The summed E-state index contributed by atoms with van der Waals surface area (Å²) in [5.41, 5.74) is 0.828. The lowest BCUT2D eigenvalue weighted by atomic mass is 9.93. The number of nitrogens with zero attached hydrogens (tertiary/aromatic N) is 5. The third kappa shape index (κ3) is 5.38. The standard InChI is InChI=1S/C25H29FN8O3/c1-25(2,3)20-11-22(33-37-20)30-18-10-21(29-14-4-6-15(35)7-5-14)32-34-19(13-28-23(18)34)24(36)31-17-8-9-27-12-16(17)26/h8-15,35H,4-7H2,1-3H3,(H,29,32)(H,30,33)(H,27,31,36)/t14-,15-. The number of fused-ring (bicyclic) bond motifs is 1. The van der Waals surface area contributed by atoms with Crippen LogP contribution in [0.1, 0.15) is 62.7 Å². The number of aliphatic hydroxyl groups is 1. The molecule has 37 heavy (non-hydrogen) atoms. The van der Waals surface area contributed by atoms with Crippen LogP contribution in [0.4, 0.5) is 27.4 Å². The number of rotatable bonds is 6. The zero-order valence-electron chi connectivity index (χ0n) is 20.8. The molecular weight excluding hydrogens is 479 g/mol. The summed E-state index contributed by atoms with van der Waals surface area (Å²) in [5.74, 6) is 0.477. The molecule has 1 fully saturated rings. The van der Waals surface area contributed by atoms with E-state index >= 15 is 0 Å². The summed E-state index contributed by atoms with van der Waals surface area (Å²) in [7, 11) is 0. The van der Waals surface area contributed by atoms with Crippen LogP contribution in [0.3, 0.4) is 0 Å². The van der Waals surface area contributed by atoms with Crippen molar-refractivity contribution in [3.63, 3.8) is 0 Å². The largest absolute Gasteiger partial charge is 0.393 e. The van der Waals surface area contributed by atoms with E-state index in [2.05, 4.69) is 36.2 Å². The Balaban J connectivity index is 1.50. The second kappa shape index (κ2) is 9.77. The van der Waals surface area contributed by atoms with Crippen molar-refractivity contribution in [3.05, 3.63) is 54.1 Å². The monoisotopic (exact) mass is 508 g/mol. The quantitative estimate of drug-likeness (QED) is 0.300. The van der Waals surface area contributed by atoms with Gasteiger partial charge in [0.15, 0.2) is 23.0 Å². The van der Waals surface area contributed by atoms with Crippen LogP contribution in [0.5, 0.6) is 0 Å². The Morgan fingerprint density at radius 2 is 1.92 bits per heavy atom. The maximum Gasteiger partial charge on any atom is 0.276 e. The fraction of sp³-hybridized carbons (Fsp3) is 0.400. The molecule has 4 N–H and O–H groups in total. The summed E-state index contributed by atoms with van der Waals surface area (Å²) < 4.78 is 21.0. The molecule has 1 saturated carbocycles. The first-order valence-electron chi connectivity index (χ1n) is 12.2. The molecule has 0 unspecified atom stereocenters. The minimum Gasteiger partial charge on any atom is -0.393 e. The van der Waals surface area contributed by atoms with E-state index < -0.39 is 11.7 Å². The average Bonchev–Trinajstić information content (AvgIpc) is 3.50. The minimum absolute atomic E-state index is 0.000600. The van der Waals surface area contributed by atoms with E-state index in [9.17, 15) is 14.3 Å². The highest BCUT2D eigenvalue weighted by Crippen LogP contribution is 2.29. The van der Waals surface area contributed by atoms with Crippen molar-refractivity contribution >= 4 is 34.6 Å². The molecule has 11 nitrogen and oxygen atoms in total. The Morgan fingerprint density at radius 1 is 1.14 bits per heavy atom. The highest BCUT2D eigenvalue weighted by molar-refractivity contribution is 6.03. The van der Waals surface area contributed by atoms with Crippen molar-refractivity contribution in [1.82, 2.24) is 24.7 Å². The topological polar surface area (TPSA) is 142 Å². The number of imidazole rings is 1. The van der Waals surface area contributed by atoms with Crippen molar-refractivity contribution in [2.24, 2.45) is 0 Å². The van der Waals surface area contributed by atoms with Gasteiger partial charge in [-0.3, -0.25) is 9.78 Å². The van der Waals surface area contributed by atoms with Crippen LogP contribution in [-0.2, 0) is 5.41 Å². The molecule has 0 radical (unpaired) electrons. The lowest BCUT2D eigenvalue weighted by Gasteiger charge is -2.26. The van der Waals surface area contributed by atoms with Crippen LogP contribution >= 0.6 is 0 Å². The zero-order chi connectivity index (χ0) is 26.2. The van der Waals surface area contributed by atoms with Crippen LogP contribution in [-0.4, -0.2) is 47.9 Å². The van der Waals surface area contributed by atoms with Crippen LogP contribution in [0.15, 0.2) is 41.3 Å². The van der Waals surface area contributed by atoms with E-state index in [4.69, 9.17) is 4.52 Å². The van der Waals surface area contributed by atoms with Gasteiger partial charge in [0, 0.05) is 29.8 Å². The molecule has 0 aliphatic heterocycles. The number of hydrogen-bond acceptors (Lipinski definition) is 9. The van der Waals surface area contributed by atoms with E-state index in [1.165, 1.54) is 23.0 Å². The third-order valence-corrected chi connectivity index (χ3v) is 6.28. The first-order chi connectivity index (χ1) is 17.7. The number of carbonyl (C=O) groups excluding carboxylic acids is 1. The van der Waals surface area contributed by atoms with Gasteiger partial charge < -0.3 is 25.6 Å². The van der Waals surface area contributed by atoms with Crippen molar-refractivity contribution in [2.45, 2.75) is 64.0 Å². The number of anilines is 4. The number of aromatic nitrogens is 5. The van der Waals surface area contributed by atoms with Crippen molar-refractivity contribution in [2.75, 3.05) is 16.0 Å². The fourth-order valence-electron chi connectivity index (χ4n) is 4.20. The summed E-state index contributed by atoms with van der Waals surface area (Å²) >= 11 is 0. The van der Waals surface area contributed by atoms with Gasteiger partial charge in [-0.15, -0.1) is 5.10 Å². The Labute approximate surface area is 212 Å². The van der Waals surface area contributed by atoms with E-state index in [0.29, 0.717) is 41.6 Å². The number of carbonyl (C=O) groups is 1.